The second-order valence-electron chi connectivity index (χ2n) is 2.38. The molecule has 2 atom stereocenters. The van der Waals surface area contributed by atoms with E-state index in [2.05, 4.69) is 9.73 Å². The number of aliphatic imine (C=N–C) groups is 1. The number of ether oxygens (including phenoxy) is 1. The van der Waals surface area contributed by atoms with Crippen LogP contribution in [0.4, 0.5) is 13.2 Å². The van der Waals surface area contributed by atoms with E-state index in [9.17, 15) is 13.2 Å². The van der Waals surface area contributed by atoms with Gasteiger partial charge in [-0.05, 0) is 0 Å². The lowest BCUT2D eigenvalue weighted by atomic mass is 10.3. The van der Waals surface area contributed by atoms with Gasteiger partial charge in [0, 0.05) is 0 Å². The summed E-state index contributed by atoms with van der Waals surface area (Å²) < 4.78 is 40.3. The minimum atomic E-state index is -4.51. The summed E-state index contributed by atoms with van der Waals surface area (Å²) >= 11 is 0. The number of nitrogens with two attached hydrogens (primary N) is 2. The number of hydrogen-bond acceptors (Lipinski definition) is 4. The third kappa shape index (κ3) is 1.86. The maximum atomic E-state index is 12.0. The van der Waals surface area contributed by atoms with E-state index in [4.69, 9.17) is 11.5 Å². The van der Waals surface area contributed by atoms with Crippen molar-refractivity contribution in [3.63, 3.8) is 0 Å². The van der Waals surface area contributed by atoms with E-state index in [1.165, 1.54) is 0 Å². The number of amidine groups is 1. The van der Waals surface area contributed by atoms with Gasteiger partial charge in [0.2, 0.25) is 6.10 Å². The van der Waals surface area contributed by atoms with Gasteiger partial charge in [0.25, 0.3) is 0 Å². The Kier molecular flexibility index (Phi) is 2.25. The molecule has 0 aromatic heterocycles. The number of alkyl halides is 3. The van der Waals surface area contributed by atoms with E-state index in [-0.39, 0.29) is 6.61 Å². The average molecular weight is 183 g/mol. The maximum Gasteiger partial charge on any atom is 0.421 e. The summed E-state index contributed by atoms with van der Waals surface area (Å²) in [6.45, 7) is -0.259. The Hall–Kier alpha value is -0.820. The standard InChI is InChI=1S/C5H8F3N3O/c6-5(7,8)3-4(10)11-2(9)1-12-3/h2-3H,1,9H2,(H2,10,11). The molecule has 70 valence electrons. The molecule has 0 amide bonds. The van der Waals surface area contributed by atoms with Gasteiger partial charge in [-0.15, -0.1) is 0 Å². The molecule has 0 radical (unpaired) electrons. The van der Waals surface area contributed by atoms with Crippen LogP contribution in [-0.4, -0.2) is 30.9 Å². The topological polar surface area (TPSA) is 73.6 Å². The van der Waals surface area contributed by atoms with Gasteiger partial charge in [-0.2, -0.15) is 13.2 Å². The van der Waals surface area contributed by atoms with Crippen molar-refractivity contribution in [2.45, 2.75) is 18.4 Å². The van der Waals surface area contributed by atoms with Crippen molar-refractivity contribution in [3.05, 3.63) is 0 Å². The zero-order valence-electron chi connectivity index (χ0n) is 6.01. The molecule has 0 aromatic carbocycles. The fraction of sp³-hybridized carbons (Fsp3) is 0.800. The summed E-state index contributed by atoms with van der Waals surface area (Å²) in [5.74, 6) is -0.610. The van der Waals surface area contributed by atoms with Crippen LogP contribution in [0.5, 0.6) is 0 Å². The van der Waals surface area contributed by atoms with Crippen molar-refractivity contribution in [3.8, 4) is 0 Å². The molecular formula is C5H8F3N3O. The number of halogens is 3. The molecule has 1 aliphatic heterocycles. The molecule has 0 fully saturated rings. The Morgan fingerprint density at radius 1 is 1.50 bits per heavy atom. The monoisotopic (exact) mass is 183 g/mol. The summed E-state index contributed by atoms with van der Waals surface area (Å²) in [4.78, 5) is 3.36. The first kappa shape index (κ1) is 9.27. The molecule has 4 N–H and O–H groups in total. The number of rotatable bonds is 0. The highest BCUT2D eigenvalue weighted by Crippen LogP contribution is 2.24. The predicted octanol–water partition coefficient (Wildman–Crippen LogP) is -0.410. The third-order valence-corrected chi connectivity index (χ3v) is 1.31. The second-order valence-corrected chi connectivity index (χ2v) is 2.38. The number of hydrogen-bond donors (Lipinski definition) is 2. The number of nitrogens with zero attached hydrogens (tertiary/aromatic N) is 1. The van der Waals surface area contributed by atoms with Gasteiger partial charge in [0.15, 0.2) is 0 Å². The largest absolute Gasteiger partial charge is 0.421 e. The van der Waals surface area contributed by atoms with E-state index in [0.717, 1.165) is 0 Å². The first-order valence-electron chi connectivity index (χ1n) is 3.18. The summed E-state index contributed by atoms with van der Waals surface area (Å²) in [7, 11) is 0. The van der Waals surface area contributed by atoms with Gasteiger partial charge in [0.05, 0.1) is 6.61 Å². The molecule has 7 heteroatoms. The van der Waals surface area contributed by atoms with Crippen LogP contribution < -0.4 is 11.5 Å². The summed E-state index contributed by atoms with van der Waals surface area (Å²) in [5, 5.41) is 0. The molecule has 0 saturated carbocycles. The molecule has 2 unspecified atom stereocenters. The fourth-order valence-electron chi connectivity index (χ4n) is 0.839. The fourth-order valence-corrected chi connectivity index (χ4v) is 0.839. The highest BCUT2D eigenvalue weighted by Gasteiger charge is 2.45. The molecule has 0 spiro atoms. The van der Waals surface area contributed by atoms with Crippen molar-refractivity contribution in [2.24, 2.45) is 16.5 Å². The van der Waals surface area contributed by atoms with E-state index in [1.807, 2.05) is 0 Å². The lowest BCUT2D eigenvalue weighted by Gasteiger charge is -2.25. The van der Waals surface area contributed by atoms with Crippen LogP contribution >= 0.6 is 0 Å². The zero-order valence-corrected chi connectivity index (χ0v) is 6.01. The molecule has 0 aliphatic carbocycles. The SMILES string of the molecule is NC1=NC(N)COC1C(F)(F)F. The normalized spacial score (nSPS) is 31.5. The lowest BCUT2D eigenvalue weighted by Crippen LogP contribution is -2.50. The summed E-state index contributed by atoms with van der Waals surface area (Å²) in [5.41, 5.74) is 10.2. The maximum absolute atomic E-state index is 12.0. The summed E-state index contributed by atoms with van der Waals surface area (Å²) in [6.07, 6.45) is -7.39. The molecule has 1 rings (SSSR count). The van der Waals surface area contributed by atoms with Crippen molar-refractivity contribution in [1.82, 2.24) is 0 Å². The molecule has 4 nitrogen and oxygen atoms in total. The quantitative estimate of drug-likeness (QED) is 0.536. The van der Waals surface area contributed by atoms with E-state index in [0.29, 0.717) is 0 Å². The molecule has 12 heavy (non-hydrogen) atoms. The van der Waals surface area contributed by atoms with Crippen LogP contribution in [0.25, 0.3) is 0 Å². The smallest absolute Gasteiger partial charge is 0.385 e. The van der Waals surface area contributed by atoms with Crippen LogP contribution in [0.1, 0.15) is 0 Å². The molecule has 0 aromatic rings. The third-order valence-electron chi connectivity index (χ3n) is 1.31. The Morgan fingerprint density at radius 2 is 2.08 bits per heavy atom. The lowest BCUT2D eigenvalue weighted by molar-refractivity contribution is -0.200. The highest BCUT2D eigenvalue weighted by atomic mass is 19.4. The van der Waals surface area contributed by atoms with Gasteiger partial charge in [-0.1, -0.05) is 0 Å². The van der Waals surface area contributed by atoms with E-state index >= 15 is 0 Å². The Bertz CT molecular complexity index is 203. The van der Waals surface area contributed by atoms with Crippen molar-refractivity contribution >= 4 is 5.84 Å². The average Bonchev–Trinajstić information content (AvgIpc) is 1.83. The molecule has 1 heterocycles. The van der Waals surface area contributed by atoms with Crippen molar-refractivity contribution in [2.75, 3.05) is 6.61 Å². The van der Waals surface area contributed by atoms with Crippen molar-refractivity contribution in [1.29, 1.82) is 0 Å². The molecule has 0 bridgehead atoms. The molecule has 0 saturated heterocycles. The van der Waals surface area contributed by atoms with Crippen LogP contribution in [0, 0.1) is 0 Å². The molecular weight excluding hydrogens is 175 g/mol. The predicted molar refractivity (Wildman–Crippen MR) is 35.4 cm³/mol. The Morgan fingerprint density at radius 3 is 2.50 bits per heavy atom. The van der Waals surface area contributed by atoms with Gasteiger partial charge >= 0.3 is 6.18 Å². The van der Waals surface area contributed by atoms with Gasteiger partial charge in [0.1, 0.15) is 12.0 Å². The Labute approximate surface area is 66.4 Å². The van der Waals surface area contributed by atoms with Crippen molar-refractivity contribution < 1.29 is 17.9 Å². The minimum Gasteiger partial charge on any atom is -0.385 e. The molecule has 1 aliphatic rings. The summed E-state index contributed by atoms with van der Waals surface area (Å²) in [6, 6.07) is 0. The second kappa shape index (κ2) is 2.91. The van der Waals surface area contributed by atoms with Gasteiger partial charge in [-0.25, -0.2) is 4.99 Å². The minimum absolute atomic E-state index is 0.259. The van der Waals surface area contributed by atoms with Crippen LogP contribution in [0.3, 0.4) is 0 Å². The van der Waals surface area contributed by atoms with Crippen LogP contribution in [0.2, 0.25) is 0 Å². The van der Waals surface area contributed by atoms with Crippen LogP contribution in [-0.2, 0) is 4.74 Å². The first-order chi connectivity index (χ1) is 5.41. The Balaban J connectivity index is 2.76. The van der Waals surface area contributed by atoms with Gasteiger partial charge in [-0.3, -0.25) is 0 Å². The van der Waals surface area contributed by atoms with Crippen LogP contribution in [0.15, 0.2) is 4.99 Å². The van der Waals surface area contributed by atoms with Gasteiger partial charge < -0.3 is 16.2 Å². The zero-order chi connectivity index (χ0) is 9.35. The highest BCUT2D eigenvalue weighted by molar-refractivity contribution is 5.86. The van der Waals surface area contributed by atoms with E-state index in [1.54, 1.807) is 0 Å². The first-order valence-corrected chi connectivity index (χ1v) is 3.18. The van der Waals surface area contributed by atoms with E-state index < -0.39 is 24.3 Å².